The van der Waals surface area contributed by atoms with Crippen LogP contribution in [-0.2, 0) is 9.63 Å². The summed E-state index contributed by atoms with van der Waals surface area (Å²) in [6.45, 7) is 11.1. The molecule has 9 heteroatoms. The lowest BCUT2D eigenvalue weighted by molar-refractivity contribution is -0.208. The molecule has 1 aromatic carbocycles. The molecule has 172 valence electrons. The van der Waals surface area contributed by atoms with Crippen LogP contribution in [0.25, 0.3) is 0 Å². The van der Waals surface area contributed by atoms with Crippen LogP contribution in [0.1, 0.15) is 33.6 Å². The van der Waals surface area contributed by atoms with Crippen LogP contribution in [0.15, 0.2) is 18.2 Å². The molecule has 3 rings (SSSR count). The zero-order valence-electron chi connectivity index (χ0n) is 18.5. The van der Waals surface area contributed by atoms with E-state index in [4.69, 9.17) is 28.0 Å². The third-order valence-electron chi connectivity index (χ3n) is 5.65. The van der Waals surface area contributed by atoms with Crippen molar-refractivity contribution < 1.29 is 14.4 Å². The van der Waals surface area contributed by atoms with E-state index in [9.17, 15) is 9.59 Å². The number of piperazine rings is 1. The van der Waals surface area contributed by atoms with Crippen molar-refractivity contribution in [2.45, 2.75) is 33.6 Å². The molecule has 0 spiro atoms. The number of amides is 2. The minimum Gasteiger partial charge on any atom is -0.367 e. The molecular formula is C22H32Cl2N4O3. The van der Waals surface area contributed by atoms with Crippen molar-refractivity contribution in [3.05, 3.63) is 28.2 Å². The number of hydrogen-bond donors (Lipinski definition) is 1. The van der Waals surface area contributed by atoms with Crippen molar-refractivity contribution in [3.8, 4) is 0 Å². The highest BCUT2D eigenvalue weighted by Crippen LogP contribution is 2.25. The Balaban J connectivity index is 1.42. The quantitative estimate of drug-likeness (QED) is 0.707. The first-order valence-electron chi connectivity index (χ1n) is 10.8. The summed E-state index contributed by atoms with van der Waals surface area (Å²) < 4.78 is 0. The lowest BCUT2D eigenvalue weighted by atomic mass is 9.97. The molecule has 2 amide bonds. The van der Waals surface area contributed by atoms with E-state index in [0.29, 0.717) is 34.7 Å². The summed E-state index contributed by atoms with van der Waals surface area (Å²) in [6, 6.07) is 4.93. The molecule has 31 heavy (non-hydrogen) atoms. The van der Waals surface area contributed by atoms with Gasteiger partial charge in [-0.25, -0.2) is 9.59 Å². The number of urea groups is 1. The number of piperidine rings is 1. The smallest absolute Gasteiger partial charge is 0.330 e. The molecule has 1 N–H and O–H groups in total. The van der Waals surface area contributed by atoms with Gasteiger partial charge in [-0.1, -0.05) is 23.2 Å². The number of benzene rings is 1. The summed E-state index contributed by atoms with van der Waals surface area (Å²) in [5.41, 5.74) is 0.134. The molecule has 0 unspecified atom stereocenters. The molecule has 2 heterocycles. The average Bonchev–Trinajstić information content (AvgIpc) is 2.71. The molecule has 2 fully saturated rings. The van der Waals surface area contributed by atoms with Crippen LogP contribution in [0.4, 0.5) is 10.5 Å². The highest BCUT2D eigenvalue weighted by molar-refractivity contribution is 6.42. The summed E-state index contributed by atoms with van der Waals surface area (Å²) in [6.07, 6.45) is 2.15. The molecule has 0 radical (unpaired) electrons. The molecule has 2 aliphatic heterocycles. The second kappa shape index (κ2) is 10.4. The van der Waals surface area contributed by atoms with E-state index in [1.165, 1.54) is 0 Å². The summed E-state index contributed by atoms with van der Waals surface area (Å²) in [7, 11) is 0. The zero-order valence-corrected chi connectivity index (χ0v) is 20.0. The van der Waals surface area contributed by atoms with Crippen LogP contribution in [0.2, 0.25) is 10.0 Å². The Morgan fingerprint density at radius 1 is 1.10 bits per heavy atom. The number of carbonyl (C=O) groups is 2. The summed E-state index contributed by atoms with van der Waals surface area (Å²) >= 11 is 11.9. The van der Waals surface area contributed by atoms with E-state index in [1.807, 2.05) is 30.7 Å². The van der Waals surface area contributed by atoms with Crippen molar-refractivity contribution in [2.75, 3.05) is 51.1 Å². The standard InChI is InChI=1S/C22H32Cl2N4O3/c1-22(2,3)20(29)31-28-8-4-5-16(15-28)14-26-9-11-27(12-10-26)21(30)25-17-6-7-18(23)19(24)13-17/h6-7,13,16H,4-5,8-12,14-15H2,1-3H3,(H,25,30)/t16-/m0/s1. The highest BCUT2D eigenvalue weighted by Gasteiger charge is 2.30. The van der Waals surface area contributed by atoms with Crippen LogP contribution < -0.4 is 5.32 Å². The minimum absolute atomic E-state index is 0.129. The number of nitrogens with zero attached hydrogens (tertiary/aromatic N) is 3. The third-order valence-corrected chi connectivity index (χ3v) is 6.39. The summed E-state index contributed by atoms with van der Waals surface area (Å²) in [5, 5.41) is 5.58. The zero-order chi connectivity index (χ0) is 22.6. The first-order chi connectivity index (χ1) is 14.6. The van der Waals surface area contributed by atoms with E-state index < -0.39 is 5.41 Å². The second-order valence-corrected chi connectivity index (χ2v) is 10.2. The fraction of sp³-hybridized carbons (Fsp3) is 0.636. The summed E-state index contributed by atoms with van der Waals surface area (Å²) in [4.78, 5) is 34.5. The predicted octanol–water partition coefficient (Wildman–Crippen LogP) is 4.36. The average molecular weight is 471 g/mol. The predicted molar refractivity (Wildman–Crippen MR) is 123 cm³/mol. The van der Waals surface area contributed by atoms with Gasteiger partial charge in [0.25, 0.3) is 0 Å². The van der Waals surface area contributed by atoms with Gasteiger partial charge in [0.1, 0.15) is 0 Å². The maximum absolute atomic E-state index is 12.6. The number of hydrogen-bond acceptors (Lipinski definition) is 5. The van der Waals surface area contributed by atoms with Crippen LogP contribution in [0.3, 0.4) is 0 Å². The number of rotatable bonds is 4. The first-order valence-corrected chi connectivity index (χ1v) is 11.6. The van der Waals surface area contributed by atoms with E-state index >= 15 is 0 Å². The highest BCUT2D eigenvalue weighted by atomic mass is 35.5. The molecule has 0 saturated carbocycles. The van der Waals surface area contributed by atoms with Crippen LogP contribution in [-0.4, -0.2) is 72.7 Å². The Labute approximate surface area is 194 Å². The van der Waals surface area contributed by atoms with Crippen LogP contribution in [0.5, 0.6) is 0 Å². The van der Waals surface area contributed by atoms with Crippen molar-refractivity contribution in [3.63, 3.8) is 0 Å². The van der Waals surface area contributed by atoms with Gasteiger partial charge >= 0.3 is 12.0 Å². The Bertz CT molecular complexity index is 791. The summed E-state index contributed by atoms with van der Waals surface area (Å²) in [5.74, 6) is 0.271. The van der Waals surface area contributed by atoms with Gasteiger partial charge in [-0.05, 0) is 57.7 Å². The van der Waals surface area contributed by atoms with E-state index in [0.717, 1.165) is 45.6 Å². The second-order valence-electron chi connectivity index (χ2n) is 9.37. The van der Waals surface area contributed by atoms with Gasteiger partial charge in [-0.3, -0.25) is 4.90 Å². The van der Waals surface area contributed by atoms with Crippen molar-refractivity contribution in [1.29, 1.82) is 0 Å². The van der Waals surface area contributed by atoms with Crippen molar-refractivity contribution in [1.82, 2.24) is 14.9 Å². The van der Waals surface area contributed by atoms with E-state index in [2.05, 4.69) is 10.2 Å². The first kappa shape index (κ1) is 24.1. The lowest BCUT2D eigenvalue weighted by Gasteiger charge is -2.39. The topological polar surface area (TPSA) is 65.1 Å². The largest absolute Gasteiger partial charge is 0.367 e. The molecule has 0 aliphatic carbocycles. The van der Waals surface area contributed by atoms with Crippen molar-refractivity contribution >= 4 is 40.9 Å². The fourth-order valence-electron chi connectivity index (χ4n) is 3.79. The normalized spacial score (nSPS) is 21.1. The number of anilines is 1. The fourth-order valence-corrected chi connectivity index (χ4v) is 4.09. The maximum atomic E-state index is 12.6. The number of hydroxylamine groups is 2. The van der Waals surface area contributed by atoms with E-state index in [1.54, 1.807) is 18.2 Å². The van der Waals surface area contributed by atoms with Crippen LogP contribution in [0, 0.1) is 11.3 Å². The van der Waals surface area contributed by atoms with Gasteiger partial charge in [-0.15, -0.1) is 5.06 Å². The number of carbonyl (C=O) groups excluding carboxylic acids is 2. The molecule has 2 aliphatic rings. The van der Waals surface area contributed by atoms with E-state index in [-0.39, 0.29) is 12.0 Å². The minimum atomic E-state index is -0.499. The van der Waals surface area contributed by atoms with Gasteiger partial charge in [-0.2, -0.15) is 0 Å². The van der Waals surface area contributed by atoms with Gasteiger partial charge in [0.15, 0.2) is 0 Å². The molecule has 0 aromatic heterocycles. The van der Waals surface area contributed by atoms with Gasteiger partial charge in [0.05, 0.1) is 15.5 Å². The molecule has 0 bridgehead atoms. The Morgan fingerprint density at radius 3 is 2.45 bits per heavy atom. The molecule has 1 aromatic rings. The van der Waals surface area contributed by atoms with Gasteiger partial charge < -0.3 is 15.1 Å². The Kier molecular flexibility index (Phi) is 8.08. The molecular weight excluding hydrogens is 439 g/mol. The van der Waals surface area contributed by atoms with Gasteiger partial charge in [0.2, 0.25) is 0 Å². The van der Waals surface area contributed by atoms with Gasteiger partial charge in [0, 0.05) is 51.5 Å². The number of nitrogens with one attached hydrogen (secondary N) is 1. The van der Waals surface area contributed by atoms with Crippen molar-refractivity contribution in [2.24, 2.45) is 11.3 Å². The Morgan fingerprint density at radius 2 is 1.81 bits per heavy atom. The molecule has 7 nitrogen and oxygen atoms in total. The SMILES string of the molecule is CC(C)(C)C(=O)ON1CCC[C@@H](CN2CCN(C(=O)Nc3ccc(Cl)c(Cl)c3)CC2)C1. The Hall–Kier alpha value is -1.54. The van der Waals surface area contributed by atoms with Crippen LogP contribution >= 0.6 is 23.2 Å². The monoisotopic (exact) mass is 470 g/mol. The molecule has 2 saturated heterocycles. The maximum Gasteiger partial charge on any atom is 0.330 e. The molecule has 1 atom stereocenters. The third kappa shape index (κ3) is 6.97. The number of halogens is 2. The lowest BCUT2D eigenvalue weighted by Crippen LogP contribution is -2.52.